The molecule has 1 aliphatic carbocycles. The fraction of sp³-hybridized carbons (Fsp3) is 0.571. The number of allylic oxidation sites excluding steroid dienone is 1. The Balaban J connectivity index is 2.11. The fourth-order valence-corrected chi connectivity index (χ4v) is 5.12. The molecule has 5 atom stereocenters. The lowest BCUT2D eigenvalue weighted by molar-refractivity contribution is -0.360. The van der Waals surface area contributed by atoms with Crippen LogP contribution in [0.5, 0.6) is 0 Å². The van der Waals surface area contributed by atoms with Crippen molar-refractivity contribution in [2.45, 2.75) is 89.7 Å². The molecule has 2 fully saturated rings. The molecule has 11 nitrogen and oxygen atoms in total. The van der Waals surface area contributed by atoms with Gasteiger partial charge >= 0.3 is 23.9 Å². The second-order valence-electron chi connectivity index (χ2n) is 9.81. The largest absolute Gasteiger partial charge is 0.463 e. The average Bonchev–Trinajstić information content (AvgIpc) is 2.87. The van der Waals surface area contributed by atoms with Crippen LogP contribution in [0, 0.1) is 0 Å². The number of benzene rings is 1. The minimum absolute atomic E-state index is 0.117. The number of ether oxygens (including phenoxy) is 6. The predicted molar refractivity (Wildman–Crippen MR) is 141 cm³/mol. The third-order valence-corrected chi connectivity index (χ3v) is 7.07. The summed E-state index contributed by atoms with van der Waals surface area (Å²) in [7, 11) is 1.69. The topological polar surface area (TPSA) is 144 Å². The van der Waals surface area contributed by atoms with Crippen LogP contribution in [-0.4, -0.2) is 73.2 Å². The summed E-state index contributed by atoms with van der Waals surface area (Å²) in [5.74, 6) is -5.49. The highest BCUT2D eigenvalue weighted by Crippen LogP contribution is 2.42. The van der Waals surface area contributed by atoms with E-state index in [4.69, 9.17) is 40.0 Å². The van der Waals surface area contributed by atoms with Crippen LogP contribution < -0.4 is 0 Å². The first kappa shape index (κ1) is 31.5. The van der Waals surface area contributed by atoms with Gasteiger partial charge in [-0.25, -0.2) is 0 Å². The first-order valence-electron chi connectivity index (χ1n) is 12.9. The lowest BCUT2D eigenvalue weighted by Gasteiger charge is -2.48. The summed E-state index contributed by atoms with van der Waals surface area (Å²) < 4.78 is 32.8. The molecule has 220 valence electrons. The van der Waals surface area contributed by atoms with Crippen molar-refractivity contribution in [3.05, 3.63) is 39.9 Å². The van der Waals surface area contributed by atoms with Gasteiger partial charge in [0.1, 0.15) is 12.7 Å². The number of aliphatic hydroxyl groups is 1. The van der Waals surface area contributed by atoms with Gasteiger partial charge < -0.3 is 33.5 Å². The number of methoxy groups -OCH3 is 1. The van der Waals surface area contributed by atoms with Gasteiger partial charge in [0.25, 0.3) is 0 Å². The minimum Gasteiger partial charge on any atom is -0.463 e. The van der Waals surface area contributed by atoms with Crippen molar-refractivity contribution in [3.63, 3.8) is 0 Å². The standard InChI is InChI=1S/C28H35ClO11/c1-15(30)36-14-24-25(37-16(2)31)26(38-17(3)32)27(39-18(4)33)28(34,40-24)21-8-11-23(29)20(13-21)12-19-6-9-22(35-5)10-7-19/h8,11-13,22,24-27,34H,6-7,9-10,14H2,1-5H3/t22?,24-,25-,26+,27-,28+/m1/s1. The number of carbonyl (C=O) groups excluding carboxylic acids is 4. The Morgan fingerprint density at radius 1 is 0.975 bits per heavy atom. The zero-order valence-electron chi connectivity index (χ0n) is 23.1. The smallest absolute Gasteiger partial charge is 0.303 e. The minimum atomic E-state index is -2.43. The summed E-state index contributed by atoms with van der Waals surface area (Å²) in [6.45, 7) is 4.03. The van der Waals surface area contributed by atoms with Gasteiger partial charge in [-0.15, -0.1) is 0 Å². The molecule has 0 amide bonds. The quantitative estimate of drug-likeness (QED) is 0.356. The van der Waals surface area contributed by atoms with Crippen molar-refractivity contribution in [2.75, 3.05) is 13.7 Å². The van der Waals surface area contributed by atoms with Gasteiger partial charge in [0.2, 0.25) is 11.9 Å². The molecular weight excluding hydrogens is 548 g/mol. The highest BCUT2D eigenvalue weighted by molar-refractivity contribution is 6.32. The van der Waals surface area contributed by atoms with Crippen LogP contribution in [-0.2, 0) is 53.4 Å². The fourth-order valence-electron chi connectivity index (χ4n) is 4.95. The highest BCUT2D eigenvalue weighted by Gasteiger charge is 2.60. The van der Waals surface area contributed by atoms with Crippen LogP contribution in [0.1, 0.15) is 64.5 Å². The average molecular weight is 583 g/mol. The number of esters is 4. The van der Waals surface area contributed by atoms with Crippen LogP contribution in [0.3, 0.4) is 0 Å². The molecule has 2 aliphatic rings. The monoisotopic (exact) mass is 582 g/mol. The molecule has 1 saturated carbocycles. The van der Waals surface area contributed by atoms with Crippen LogP contribution in [0.2, 0.25) is 5.02 Å². The van der Waals surface area contributed by atoms with Gasteiger partial charge in [0, 0.05) is 45.4 Å². The number of rotatable bonds is 8. The van der Waals surface area contributed by atoms with Gasteiger partial charge in [0.15, 0.2) is 12.2 Å². The summed E-state index contributed by atoms with van der Waals surface area (Å²) in [4.78, 5) is 47.9. The lowest BCUT2D eigenvalue weighted by Crippen LogP contribution is -2.66. The van der Waals surface area contributed by atoms with Gasteiger partial charge in [-0.1, -0.05) is 29.3 Å². The van der Waals surface area contributed by atoms with Crippen molar-refractivity contribution in [2.24, 2.45) is 0 Å². The molecule has 1 aromatic rings. The second-order valence-corrected chi connectivity index (χ2v) is 10.2. The molecule has 1 heterocycles. The van der Waals surface area contributed by atoms with E-state index in [9.17, 15) is 24.3 Å². The van der Waals surface area contributed by atoms with Crippen molar-refractivity contribution >= 4 is 41.6 Å². The van der Waals surface area contributed by atoms with E-state index >= 15 is 0 Å². The molecular formula is C28H35ClO11. The van der Waals surface area contributed by atoms with Crippen molar-refractivity contribution in [1.29, 1.82) is 0 Å². The molecule has 0 aromatic heterocycles. The normalized spacial score (nSPS) is 28.3. The second kappa shape index (κ2) is 13.6. The Kier molecular flexibility index (Phi) is 10.7. The van der Waals surface area contributed by atoms with Crippen molar-refractivity contribution in [1.82, 2.24) is 0 Å². The van der Waals surface area contributed by atoms with Crippen molar-refractivity contribution < 1.29 is 52.7 Å². The Hall–Kier alpha value is -2.99. The molecule has 0 spiro atoms. The molecule has 1 aliphatic heterocycles. The van der Waals surface area contributed by atoms with E-state index in [0.717, 1.165) is 52.0 Å². The van der Waals surface area contributed by atoms with Gasteiger partial charge in [-0.3, -0.25) is 19.2 Å². The maximum absolute atomic E-state index is 12.2. The Labute approximate surface area is 237 Å². The summed E-state index contributed by atoms with van der Waals surface area (Å²) in [5.41, 5.74) is 1.83. The molecule has 3 rings (SSSR count). The summed E-state index contributed by atoms with van der Waals surface area (Å²) in [6, 6.07) is 4.60. The first-order chi connectivity index (χ1) is 18.8. The van der Waals surface area contributed by atoms with E-state index in [-0.39, 0.29) is 11.7 Å². The first-order valence-corrected chi connectivity index (χ1v) is 13.3. The zero-order chi connectivity index (χ0) is 29.6. The molecule has 0 bridgehead atoms. The summed E-state index contributed by atoms with van der Waals surface area (Å²) in [5, 5.41) is 12.5. The van der Waals surface area contributed by atoms with Crippen LogP contribution >= 0.6 is 11.6 Å². The van der Waals surface area contributed by atoms with E-state index in [1.165, 1.54) is 13.0 Å². The highest BCUT2D eigenvalue weighted by atomic mass is 35.5. The zero-order valence-corrected chi connectivity index (χ0v) is 23.9. The van der Waals surface area contributed by atoms with E-state index in [1.54, 1.807) is 19.2 Å². The number of carbonyl (C=O) groups is 4. The Morgan fingerprint density at radius 2 is 1.57 bits per heavy atom. The lowest BCUT2D eigenvalue weighted by atomic mass is 9.86. The molecule has 12 heteroatoms. The SMILES string of the molecule is COC1CCC(=Cc2cc([C@]3(O)O[C@H](COC(C)=O)[C@@H](OC(C)=O)[C@H](OC(C)=O)[C@H]3OC(C)=O)ccc2Cl)CC1. The molecule has 1 aromatic carbocycles. The molecule has 1 saturated heterocycles. The van der Waals surface area contributed by atoms with Gasteiger partial charge in [-0.05, 0) is 43.4 Å². The van der Waals surface area contributed by atoms with Crippen LogP contribution in [0.15, 0.2) is 23.8 Å². The maximum Gasteiger partial charge on any atom is 0.303 e. The molecule has 40 heavy (non-hydrogen) atoms. The summed E-state index contributed by atoms with van der Waals surface area (Å²) in [6.07, 6.45) is -0.453. The number of halogens is 1. The van der Waals surface area contributed by atoms with Crippen molar-refractivity contribution in [3.8, 4) is 0 Å². The van der Waals surface area contributed by atoms with E-state index < -0.39 is 60.7 Å². The van der Waals surface area contributed by atoms with E-state index in [2.05, 4.69) is 0 Å². The van der Waals surface area contributed by atoms with Crippen LogP contribution in [0.4, 0.5) is 0 Å². The Morgan fingerprint density at radius 3 is 2.12 bits per heavy atom. The summed E-state index contributed by atoms with van der Waals surface area (Å²) >= 11 is 6.51. The van der Waals surface area contributed by atoms with E-state index in [1.807, 2.05) is 6.08 Å². The van der Waals surface area contributed by atoms with E-state index in [0.29, 0.717) is 10.6 Å². The molecule has 0 unspecified atom stereocenters. The molecule has 0 radical (unpaired) electrons. The Bertz CT molecular complexity index is 1140. The third-order valence-electron chi connectivity index (χ3n) is 6.73. The maximum atomic E-state index is 12.2. The van der Waals surface area contributed by atoms with Gasteiger partial charge in [0.05, 0.1) is 6.10 Å². The third kappa shape index (κ3) is 7.81. The molecule has 1 N–H and O–H groups in total. The van der Waals surface area contributed by atoms with Gasteiger partial charge in [-0.2, -0.15) is 0 Å². The predicted octanol–water partition coefficient (Wildman–Crippen LogP) is 3.21. The number of hydrogen-bond acceptors (Lipinski definition) is 11. The number of hydrogen-bond donors (Lipinski definition) is 1. The van der Waals surface area contributed by atoms with Crippen LogP contribution in [0.25, 0.3) is 6.08 Å².